The number of rotatable bonds is 1. The van der Waals surface area contributed by atoms with Crippen molar-refractivity contribution in [3.63, 3.8) is 0 Å². The second-order valence-electron chi connectivity index (χ2n) is 3.41. The number of aryl methyl sites for hydroxylation is 2. The van der Waals surface area contributed by atoms with Gasteiger partial charge in [-0.05, 0) is 41.4 Å². The largest absolute Gasteiger partial charge is 0.333 e. The molecule has 2 aromatic rings. The summed E-state index contributed by atoms with van der Waals surface area (Å²) in [6, 6.07) is 6.40. The van der Waals surface area contributed by atoms with E-state index in [2.05, 4.69) is 57.9 Å². The minimum atomic E-state index is 0.772. The SMILES string of the molecule is Cc1ccc(C)c(-c2cnc(Br)[nH]2)c1. The van der Waals surface area contributed by atoms with E-state index in [9.17, 15) is 0 Å². The number of hydrogen-bond donors (Lipinski definition) is 1. The zero-order valence-corrected chi connectivity index (χ0v) is 9.72. The fourth-order valence-electron chi connectivity index (χ4n) is 1.46. The Hall–Kier alpha value is -1.09. The summed E-state index contributed by atoms with van der Waals surface area (Å²) in [6.45, 7) is 4.19. The van der Waals surface area contributed by atoms with Crippen LogP contribution in [-0.4, -0.2) is 9.97 Å². The fraction of sp³-hybridized carbons (Fsp3) is 0.182. The first-order valence-corrected chi connectivity index (χ1v) is 5.24. The Bertz CT molecular complexity index is 460. The Balaban J connectivity index is 2.55. The average molecular weight is 251 g/mol. The molecule has 1 aromatic carbocycles. The minimum absolute atomic E-state index is 0.772. The summed E-state index contributed by atoms with van der Waals surface area (Å²) in [6.07, 6.45) is 1.84. The number of nitrogens with zero attached hydrogens (tertiary/aromatic N) is 1. The predicted molar refractivity (Wildman–Crippen MR) is 61.2 cm³/mol. The molecule has 1 N–H and O–H groups in total. The Labute approximate surface area is 91.5 Å². The first-order valence-electron chi connectivity index (χ1n) is 4.45. The molecule has 0 saturated carbocycles. The molecule has 0 amide bonds. The van der Waals surface area contributed by atoms with Gasteiger partial charge >= 0.3 is 0 Å². The Morgan fingerprint density at radius 2 is 2.07 bits per heavy atom. The van der Waals surface area contributed by atoms with Crippen LogP contribution in [0.5, 0.6) is 0 Å². The molecule has 72 valence electrons. The smallest absolute Gasteiger partial charge is 0.174 e. The first kappa shape index (κ1) is 9.46. The Morgan fingerprint density at radius 3 is 2.71 bits per heavy atom. The van der Waals surface area contributed by atoms with Crippen molar-refractivity contribution in [2.24, 2.45) is 0 Å². The molecule has 0 bridgehead atoms. The van der Waals surface area contributed by atoms with Crippen molar-refractivity contribution in [2.45, 2.75) is 13.8 Å². The van der Waals surface area contributed by atoms with Crippen LogP contribution in [0.25, 0.3) is 11.3 Å². The van der Waals surface area contributed by atoms with Gasteiger partial charge in [0, 0.05) is 5.56 Å². The zero-order chi connectivity index (χ0) is 10.1. The van der Waals surface area contributed by atoms with E-state index in [1.807, 2.05) is 6.20 Å². The second-order valence-corrected chi connectivity index (χ2v) is 4.16. The molecule has 1 heterocycles. The molecule has 2 rings (SSSR count). The molecular weight excluding hydrogens is 240 g/mol. The number of aromatic amines is 1. The molecule has 1 aromatic heterocycles. The first-order chi connectivity index (χ1) is 6.66. The second kappa shape index (κ2) is 3.58. The third kappa shape index (κ3) is 1.73. The average Bonchev–Trinajstić information content (AvgIpc) is 2.56. The predicted octanol–water partition coefficient (Wildman–Crippen LogP) is 3.46. The molecule has 14 heavy (non-hydrogen) atoms. The number of H-pyrrole nitrogens is 1. The van der Waals surface area contributed by atoms with Crippen LogP contribution in [0.2, 0.25) is 0 Å². The highest BCUT2D eigenvalue weighted by molar-refractivity contribution is 9.10. The van der Waals surface area contributed by atoms with Gasteiger partial charge in [-0.15, -0.1) is 0 Å². The van der Waals surface area contributed by atoms with E-state index >= 15 is 0 Å². The number of hydrogen-bond acceptors (Lipinski definition) is 1. The molecule has 0 spiro atoms. The van der Waals surface area contributed by atoms with E-state index in [-0.39, 0.29) is 0 Å². The van der Waals surface area contributed by atoms with Gasteiger partial charge in [0.2, 0.25) is 0 Å². The van der Waals surface area contributed by atoms with Gasteiger partial charge in [-0.3, -0.25) is 0 Å². The van der Waals surface area contributed by atoms with Gasteiger partial charge in [-0.2, -0.15) is 0 Å². The maximum absolute atomic E-state index is 4.12. The van der Waals surface area contributed by atoms with Crippen molar-refractivity contribution in [1.29, 1.82) is 0 Å². The van der Waals surface area contributed by atoms with Crippen LogP contribution < -0.4 is 0 Å². The molecule has 0 aliphatic heterocycles. The summed E-state index contributed by atoms with van der Waals surface area (Å²) >= 11 is 3.31. The monoisotopic (exact) mass is 250 g/mol. The zero-order valence-electron chi connectivity index (χ0n) is 8.13. The van der Waals surface area contributed by atoms with Gasteiger partial charge in [0.05, 0.1) is 11.9 Å². The molecule has 0 radical (unpaired) electrons. The van der Waals surface area contributed by atoms with Crippen molar-refractivity contribution in [3.8, 4) is 11.3 Å². The van der Waals surface area contributed by atoms with E-state index in [4.69, 9.17) is 0 Å². The number of benzene rings is 1. The van der Waals surface area contributed by atoms with Gasteiger partial charge in [-0.25, -0.2) is 4.98 Å². The van der Waals surface area contributed by atoms with Crippen LogP contribution in [0.4, 0.5) is 0 Å². The van der Waals surface area contributed by atoms with Crippen LogP contribution in [-0.2, 0) is 0 Å². The Kier molecular flexibility index (Phi) is 2.42. The van der Waals surface area contributed by atoms with Gasteiger partial charge in [-0.1, -0.05) is 17.7 Å². The van der Waals surface area contributed by atoms with Crippen LogP contribution in [0.3, 0.4) is 0 Å². The minimum Gasteiger partial charge on any atom is -0.333 e. The summed E-state index contributed by atoms with van der Waals surface area (Å²) in [4.78, 5) is 7.29. The van der Waals surface area contributed by atoms with E-state index < -0.39 is 0 Å². The lowest BCUT2D eigenvalue weighted by atomic mass is 10.0. The summed E-state index contributed by atoms with van der Waals surface area (Å²) < 4.78 is 0.772. The van der Waals surface area contributed by atoms with E-state index in [1.165, 1.54) is 16.7 Å². The third-order valence-corrected chi connectivity index (χ3v) is 2.63. The molecule has 0 unspecified atom stereocenters. The Morgan fingerprint density at radius 1 is 1.29 bits per heavy atom. The van der Waals surface area contributed by atoms with Crippen LogP contribution in [0.1, 0.15) is 11.1 Å². The molecule has 0 atom stereocenters. The van der Waals surface area contributed by atoms with Crippen molar-refractivity contribution in [2.75, 3.05) is 0 Å². The molecular formula is C11H11BrN2. The van der Waals surface area contributed by atoms with E-state index in [0.29, 0.717) is 0 Å². The highest BCUT2D eigenvalue weighted by atomic mass is 79.9. The van der Waals surface area contributed by atoms with Gasteiger partial charge in [0.15, 0.2) is 4.73 Å². The maximum Gasteiger partial charge on any atom is 0.174 e. The van der Waals surface area contributed by atoms with E-state index in [0.717, 1.165) is 10.4 Å². The number of nitrogens with one attached hydrogen (secondary N) is 1. The maximum atomic E-state index is 4.12. The van der Waals surface area contributed by atoms with Crippen LogP contribution in [0, 0.1) is 13.8 Å². The highest BCUT2D eigenvalue weighted by Crippen LogP contribution is 2.23. The summed E-state index contributed by atoms with van der Waals surface area (Å²) in [7, 11) is 0. The van der Waals surface area contributed by atoms with Gasteiger partial charge in [0.1, 0.15) is 0 Å². The molecule has 0 fully saturated rings. The lowest BCUT2D eigenvalue weighted by Crippen LogP contribution is -1.84. The standard InChI is InChI=1S/C11H11BrN2/c1-7-3-4-8(2)9(5-7)10-6-13-11(12)14-10/h3-6H,1-2H3,(H,13,14). The third-order valence-electron chi connectivity index (χ3n) is 2.23. The van der Waals surface area contributed by atoms with Crippen molar-refractivity contribution in [3.05, 3.63) is 40.3 Å². The molecule has 0 aliphatic carbocycles. The lowest BCUT2D eigenvalue weighted by molar-refractivity contribution is 1.24. The summed E-state index contributed by atoms with van der Waals surface area (Å²) in [5.74, 6) is 0. The molecule has 3 heteroatoms. The number of aromatic nitrogens is 2. The summed E-state index contributed by atoms with van der Waals surface area (Å²) in [5.41, 5.74) is 4.78. The molecule has 2 nitrogen and oxygen atoms in total. The van der Waals surface area contributed by atoms with Crippen LogP contribution >= 0.6 is 15.9 Å². The van der Waals surface area contributed by atoms with Crippen molar-refractivity contribution in [1.82, 2.24) is 9.97 Å². The van der Waals surface area contributed by atoms with Crippen LogP contribution in [0.15, 0.2) is 29.1 Å². The molecule has 0 saturated heterocycles. The number of imidazole rings is 1. The summed E-state index contributed by atoms with van der Waals surface area (Å²) in [5, 5.41) is 0. The van der Waals surface area contributed by atoms with Crippen molar-refractivity contribution >= 4 is 15.9 Å². The van der Waals surface area contributed by atoms with Gasteiger partial charge in [0.25, 0.3) is 0 Å². The topological polar surface area (TPSA) is 28.7 Å². The molecule has 0 aliphatic rings. The van der Waals surface area contributed by atoms with Crippen molar-refractivity contribution < 1.29 is 0 Å². The van der Waals surface area contributed by atoms with Gasteiger partial charge < -0.3 is 4.98 Å². The van der Waals surface area contributed by atoms with E-state index in [1.54, 1.807) is 0 Å². The highest BCUT2D eigenvalue weighted by Gasteiger charge is 2.04. The fourth-order valence-corrected chi connectivity index (χ4v) is 1.78. The quantitative estimate of drug-likeness (QED) is 0.826. The lowest BCUT2D eigenvalue weighted by Gasteiger charge is -2.03. The number of halogens is 1. The normalized spacial score (nSPS) is 10.5.